The highest BCUT2D eigenvalue weighted by Gasteiger charge is 2.19. The Labute approximate surface area is 189 Å². The predicted molar refractivity (Wildman–Crippen MR) is 128 cm³/mol. The molecular weight excluding hydrogens is 424 g/mol. The number of nitrogens with zero attached hydrogens (tertiary/aromatic N) is 1. The normalized spacial score (nSPS) is 12.1. The Morgan fingerprint density at radius 3 is 2.19 bits per heavy atom. The fraction of sp³-hybridized carbons (Fsp3) is 0.240. The summed E-state index contributed by atoms with van der Waals surface area (Å²) in [4.78, 5) is 12.7. The molecule has 3 aromatic rings. The number of nitrogens with one attached hydrogen (secondary N) is 1. The molecule has 0 fully saturated rings. The van der Waals surface area contributed by atoms with E-state index in [1.165, 1.54) is 10.6 Å². The maximum atomic E-state index is 12.7. The Kier molecular flexibility index (Phi) is 7.20. The third-order valence-electron chi connectivity index (χ3n) is 5.36. The van der Waals surface area contributed by atoms with Gasteiger partial charge in [0.05, 0.1) is 31.6 Å². The van der Waals surface area contributed by atoms with Crippen LogP contribution in [-0.4, -0.2) is 27.7 Å². The van der Waals surface area contributed by atoms with Crippen molar-refractivity contribution >= 4 is 21.6 Å². The fourth-order valence-electron chi connectivity index (χ4n) is 3.38. The van der Waals surface area contributed by atoms with Crippen LogP contribution in [0.4, 0.5) is 5.69 Å². The molecule has 0 unspecified atom stereocenters. The standard InChI is InChI=1S/C25H28N2O4S/c1-18-7-5-6-8-22(18)17-27(32(4,29)30)23-13-9-21(10-14-23)25(28)26-19(2)20-11-15-24(31-3)16-12-20/h5-16,19H,17H2,1-4H3,(H,26,28)/t19-/m1/s1. The van der Waals surface area contributed by atoms with Gasteiger partial charge in [-0.1, -0.05) is 36.4 Å². The monoisotopic (exact) mass is 452 g/mol. The largest absolute Gasteiger partial charge is 0.497 e. The molecule has 0 aliphatic rings. The summed E-state index contributed by atoms with van der Waals surface area (Å²) in [6.45, 7) is 4.08. The first-order valence-electron chi connectivity index (χ1n) is 10.3. The van der Waals surface area contributed by atoms with Crippen molar-refractivity contribution in [2.45, 2.75) is 26.4 Å². The predicted octanol–water partition coefficient (Wildman–Crippen LogP) is 4.46. The lowest BCUT2D eigenvalue weighted by Gasteiger charge is -2.23. The van der Waals surface area contributed by atoms with Crippen molar-refractivity contribution in [1.82, 2.24) is 5.32 Å². The minimum Gasteiger partial charge on any atom is -0.497 e. The SMILES string of the molecule is COc1ccc([C@@H](C)NC(=O)c2ccc(N(Cc3ccccc3C)S(C)(=O)=O)cc2)cc1. The van der Waals surface area contributed by atoms with E-state index >= 15 is 0 Å². The molecule has 0 saturated carbocycles. The van der Waals surface area contributed by atoms with Gasteiger partial charge in [-0.15, -0.1) is 0 Å². The van der Waals surface area contributed by atoms with Gasteiger partial charge >= 0.3 is 0 Å². The molecule has 0 spiro atoms. The molecular formula is C25H28N2O4S. The zero-order valence-corrected chi connectivity index (χ0v) is 19.5. The van der Waals surface area contributed by atoms with Crippen molar-refractivity contribution in [3.8, 4) is 5.75 Å². The smallest absolute Gasteiger partial charge is 0.251 e. The lowest BCUT2D eigenvalue weighted by molar-refractivity contribution is 0.0940. The van der Waals surface area contributed by atoms with Gasteiger partial charge in [-0.3, -0.25) is 9.10 Å². The van der Waals surface area contributed by atoms with Crippen LogP contribution in [0.2, 0.25) is 0 Å². The van der Waals surface area contributed by atoms with Crippen LogP contribution >= 0.6 is 0 Å². The molecule has 0 radical (unpaired) electrons. The number of hydrogen-bond donors (Lipinski definition) is 1. The number of rotatable bonds is 8. The van der Waals surface area contributed by atoms with Crippen LogP contribution in [0, 0.1) is 6.92 Å². The zero-order chi connectivity index (χ0) is 23.3. The fourth-order valence-corrected chi connectivity index (χ4v) is 4.26. The number of hydrogen-bond acceptors (Lipinski definition) is 4. The molecule has 1 N–H and O–H groups in total. The van der Waals surface area contributed by atoms with Gasteiger partial charge in [0.25, 0.3) is 5.91 Å². The van der Waals surface area contributed by atoms with Gasteiger partial charge in [-0.05, 0) is 66.9 Å². The minimum absolute atomic E-state index is 0.193. The number of anilines is 1. The first-order chi connectivity index (χ1) is 15.2. The molecule has 0 bridgehead atoms. The Morgan fingerprint density at radius 2 is 1.62 bits per heavy atom. The van der Waals surface area contributed by atoms with Crippen LogP contribution in [0.15, 0.2) is 72.8 Å². The Hall–Kier alpha value is -3.32. The topological polar surface area (TPSA) is 75.7 Å². The van der Waals surface area contributed by atoms with Gasteiger partial charge in [0.2, 0.25) is 10.0 Å². The zero-order valence-electron chi connectivity index (χ0n) is 18.7. The molecule has 7 heteroatoms. The van der Waals surface area contributed by atoms with Gasteiger partial charge in [0.1, 0.15) is 5.75 Å². The summed E-state index contributed by atoms with van der Waals surface area (Å²) in [7, 11) is -1.90. The van der Waals surface area contributed by atoms with E-state index in [1.807, 2.05) is 62.4 Å². The number of amides is 1. The van der Waals surface area contributed by atoms with Crippen LogP contribution in [0.25, 0.3) is 0 Å². The van der Waals surface area contributed by atoms with Crippen LogP contribution in [0.5, 0.6) is 5.75 Å². The van der Waals surface area contributed by atoms with Gasteiger partial charge in [-0.2, -0.15) is 0 Å². The molecule has 168 valence electrons. The highest BCUT2D eigenvalue weighted by atomic mass is 32.2. The molecule has 1 atom stereocenters. The Morgan fingerprint density at radius 1 is 1.00 bits per heavy atom. The number of aryl methyl sites for hydroxylation is 1. The highest BCUT2D eigenvalue weighted by Crippen LogP contribution is 2.23. The maximum absolute atomic E-state index is 12.7. The number of carbonyl (C=O) groups excluding carboxylic acids is 1. The van der Waals surface area contributed by atoms with Gasteiger partial charge < -0.3 is 10.1 Å². The first-order valence-corrected chi connectivity index (χ1v) is 12.1. The number of methoxy groups -OCH3 is 1. The van der Waals surface area contributed by atoms with Gasteiger partial charge in [0.15, 0.2) is 0 Å². The number of carbonyl (C=O) groups is 1. The number of sulfonamides is 1. The second kappa shape index (κ2) is 9.87. The average Bonchev–Trinajstić information content (AvgIpc) is 2.78. The summed E-state index contributed by atoms with van der Waals surface area (Å²) >= 11 is 0. The summed E-state index contributed by atoms with van der Waals surface area (Å²) in [5.74, 6) is 0.522. The van der Waals surface area contributed by atoms with E-state index in [1.54, 1.807) is 31.4 Å². The van der Waals surface area contributed by atoms with Crippen LogP contribution in [0.1, 0.15) is 40.0 Å². The molecule has 3 aromatic carbocycles. The molecule has 0 aromatic heterocycles. The Balaban J connectivity index is 1.75. The average molecular weight is 453 g/mol. The van der Waals surface area contributed by atoms with Gasteiger partial charge in [-0.25, -0.2) is 8.42 Å². The molecule has 3 rings (SSSR count). The van der Waals surface area contributed by atoms with E-state index in [2.05, 4.69) is 5.32 Å². The summed E-state index contributed by atoms with van der Waals surface area (Å²) in [6.07, 6.45) is 1.18. The molecule has 32 heavy (non-hydrogen) atoms. The van der Waals surface area contributed by atoms with E-state index in [0.717, 1.165) is 22.4 Å². The number of ether oxygens (including phenoxy) is 1. The van der Waals surface area contributed by atoms with E-state index in [4.69, 9.17) is 4.74 Å². The summed E-state index contributed by atoms with van der Waals surface area (Å²) in [5.41, 5.74) is 3.86. The molecule has 0 saturated heterocycles. The molecule has 0 aliphatic carbocycles. The van der Waals surface area contributed by atoms with Crippen LogP contribution < -0.4 is 14.4 Å². The molecule has 0 aliphatic heterocycles. The van der Waals surface area contributed by atoms with Crippen LogP contribution in [0.3, 0.4) is 0 Å². The third kappa shape index (κ3) is 5.68. The third-order valence-corrected chi connectivity index (χ3v) is 6.50. The van der Waals surface area contributed by atoms with E-state index in [-0.39, 0.29) is 18.5 Å². The maximum Gasteiger partial charge on any atom is 0.251 e. The minimum atomic E-state index is -3.50. The van der Waals surface area contributed by atoms with Crippen molar-refractivity contribution in [3.05, 3.63) is 95.1 Å². The van der Waals surface area contributed by atoms with Crippen molar-refractivity contribution in [2.75, 3.05) is 17.7 Å². The van der Waals surface area contributed by atoms with Crippen LogP contribution in [-0.2, 0) is 16.6 Å². The van der Waals surface area contributed by atoms with Crippen molar-refractivity contribution in [3.63, 3.8) is 0 Å². The molecule has 1 amide bonds. The van der Waals surface area contributed by atoms with Crippen molar-refractivity contribution < 1.29 is 17.9 Å². The quantitative estimate of drug-likeness (QED) is 0.548. The summed E-state index contributed by atoms with van der Waals surface area (Å²) in [6, 6.07) is 21.6. The first kappa shape index (κ1) is 23.3. The van der Waals surface area contributed by atoms with E-state index in [9.17, 15) is 13.2 Å². The summed E-state index contributed by atoms with van der Waals surface area (Å²) in [5, 5.41) is 2.96. The summed E-state index contributed by atoms with van der Waals surface area (Å²) < 4.78 is 31.4. The van der Waals surface area contributed by atoms with E-state index < -0.39 is 10.0 Å². The van der Waals surface area contributed by atoms with Crippen molar-refractivity contribution in [2.24, 2.45) is 0 Å². The lowest BCUT2D eigenvalue weighted by Crippen LogP contribution is -2.30. The van der Waals surface area contributed by atoms with Gasteiger partial charge in [0, 0.05) is 5.56 Å². The van der Waals surface area contributed by atoms with E-state index in [0.29, 0.717) is 11.3 Å². The second-order valence-corrected chi connectivity index (χ2v) is 9.62. The van der Waals surface area contributed by atoms with Crippen molar-refractivity contribution in [1.29, 1.82) is 0 Å². The number of benzene rings is 3. The Bertz CT molecular complexity index is 1170. The molecule has 0 heterocycles. The highest BCUT2D eigenvalue weighted by molar-refractivity contribution is 7.92. The molecule has 6 nitrogen and oxygen atoms in total. The second-order valence-electron chi connectivity index (χ2n) is 7.71. The lowest BCUT2D eigenvalue weighted by atomic mass is 10.1.